The molecule has 3 nitrogen and oxygen atoms in total. The van der Waals surface area contributed by atoms with E-state index in [9.17, 15) is 4.79 Å². The number of amides is 1. The number of hydrogen-bond donors (Lipinski definition) is 0. The summed E-state index contributed by atoms with van der Waals surface area (Å²) in [6.45, 7) is 4.25. The molecule has 2 aromatic rings. The van der Waals surface area contributed by atoms with Gasteiger partial charge in [-0.1, -0.05) is 29.8 Å². The Morgan fingerprint density at radius 3 is 2.40 bits per heavy atom. The molecule has 1 amide bonds. The van der Waals surface area contributed by atoms with Crippen LogP contribution in [0.5, 0.6) is 0 Å². The number of halogens is 3. The lowest BCUT2D eigenvalue weighted by Gasteiger charge is -2.35. The van der Waals surface area contributed by atoms with Crippen molar-refractivity contribution in [1.29, 1.82) is 0 Å². The van der Waals surface area contributed by atoms with Crippen LogP contribution in [0, 0.1) is 0 Å². The molecule has 3 rings (SSSR count). The van der Waals surface area contributed by atoms with Gasteiger partial charge in [0, 0.05) is 46.7 Å². The van der Waals surface area contributed by atoms with Crippen LogP contribution in [-0.2, 0) is 17.8 Å². The standard InChI is InChI=1S/C19H19Br2ClN2O/c20-17-5-4-15(11-18(17)21)13-23-6-8-24(9-7-23)19(25)12-14-2-1-3-16(22)10-14/h1-5,10-11H,6-9,12-13H2. The van der Waals surface area contributed by atoms with E-state index in [1.165, 1.54) is 5.56 Å². The summed E-state index contributed by atoms with van der Waals surface area (Å²) in [5.41, 5.74) is 2.24. The van der Waals surface area contributed by atoms with Crippen molar-refractivity contribution in [1.82, 2.24) is 9.80 Å². The largest absolute Gasteiger partial charge is 0.340 e. The van der Waals surface area contributed by atoms with Gasteiger partial charge in [-0.05, 0) is 67.3 Å². The molecule has 0 atom stereocenters. The summed E-state index contributed by atoms with van der Waals surface area (Å²) in [7, 11) is 0. The van der Waals surface area contributed by atoms with Gasteiger partial charge in [-0.3, -0.25) is 9.69 Å². The molecule has 0 saturated carbocycles. The molecule has 1 saturated heterocycles. The van der Waals surface area contributed by atoms with Crippen LogP contribution in [0.25, 0.3) is 0 Å². The van der Waals surface area contributed by atoms with Gasteiger partial charge in [0.15, 0.2) is 0 Å². The number of piperazine rings is 1. The van der Waals surface area contributed by atoms with E-state index in [4.69, 9.17) is 11.6 Å². The molecule has 1 aliphatic heterocycles. The van der Waals surface area contributed by atoms with Crippen molar-refractivity contribution in [2.24, 2.45) is 0 Å². The minimum atomic E-state index is 0.174. The van der Waals surface area contributed by atoms with Crippen LogP contribution in [-0.4, -0.2) is 41.9 Å². The molecule has 0 N–H and O–H groups in total. The number of benzene rings is 2. The Labute approximate surface area is 170 Å². The summed E-state index contributed by atoms with van der Waals surface area (Å²) in [6, 6.07) is 13.9. The highest BCUT2D eigenvalue weighted by atomic mass is 79.9. The third-order valence-corrected chi connectivity index (χ3v) is 6.47. The average Bonchev–Trinajstić information content (AvgIpc) is 2.59. The first-order chi connectivity index (χ1) is 12.0. The van der Waals surface area contributed by atoms with Crippen LogP contribution in [0.1, 0.15) is 11.1 Å². The Balaban J connectivity index is 1.51. The highest BCUT2D eigenvalue weighted by molar-refractivity contribution is 9.13. The van der Waals surface area contributed by atoms with Gasteiger partial charge in [0.05, 0.1) is 6.42 Å². The number of carbonyl (C=O) groups excluding carboxylic acids is 1. The second-order valence-electron chi connectivity index (χ2n) is 6.21. The average molecular weight is 487 g/mol. The summed E-state index contributed by atoms with van der Waals surface area (Å²) in [5.74, 6) is 0.174. The third kappa shape index (κ3) is 5.30. The van der Waals surface area contributed by atoms with Gasteiger partial charge in [0.2, 0.25) is 5.91 Å². The van der Waals surface area contributed by atoms with Crippen LogP contribution in [0.4, 0.5) is 0 Å². The van der Waals surface area contributed by atoms with E-state index in [0.717, 1.165) is 47.2 Å². The maximum absolute atomic E-state index is 12.5. The zero-order chi connectivity index (χ0) is 17.8. The van der Waals surface area contributed by atoms with Gasteiger partial charge < -0.3 is 4.90 Å². The van der Waals surface area contributed by atoms with E-state index in [-0.39, 0.29) is 5.91 Å². The zero-order valence-electron chi connectivity index (χ0n) is 13.7. The quantitative estimate of drug-likeness (QED) is 0.623. The van der Waals surface area contributed by atoms with Crippen LogP contribution in [0.3, 0.4) is 0 Å². The molecule has 6 heteroatoms. The molecule has 0 aromatic heterocycles. The summed E-state index contributed by atoms with van der Waals surface area (Å²) < 4.78 is 2.13. The molecule has 0 bridgehead atoms. The van der Waals surface area contributed by atoms with E-state index in [1.807, 2.05) is 29.2 Å². The Bertz CT molecular complexity index is 761. The Morgan fingerprint density at radius 2 is 1.72 bits per heavy atom. The molecule has 0 spiro atoms. The van der Waals surface area contributed by atoms with E-state index >= 15 is 0 Å². The fourth-order valence-corrected chi connectivity index (χ4v) is 3.87. The summed E-state index contributed by atoms with van der Waals surface area (Å²) in [6.07, 6.45) is 0.417. The molecular formula is C19H19Br2ClN2O. The Morgan fingerprint density at radius 1 is 0.960 bits per heavy atom. The predicted molar refractivity (Wildman–Crippen MR) is 109 cm³/mol. The number of hydrogen-bond acceptors (Lipinski definition) is 2. The monoisotopic (exact) mass is 484 g/mol. The lowest BCUT2D eigenvalue weighted by Crippen LogP contribution is -2.48. The van der Waals surface area contributed by atoms with Crippen molar-refractivity contribution in [3.8, 4) is 0 Å². The molecule has 1 fully saturated rings. The number of nitrogens with zero attached hydrogens (tertiary/aromatic N) is 2. The van der Waals surface area contributed by atoms with Gasteiger partial charge in [-0.25, -0.2) is 0 Å². The van der Waals surface area contributed by atoms with Crippen molar-refractivity contribution in [2.75, 3.05) is 26.2 Å². The van der Waals surface area contributed by atoms with Crippen LogP contribution >= 0.6 is 43.5 Å². The highest BCUT2D eigenvalue weighted by Crippen LogP contribution is 2.24. The number of rotatable bonds is 4. The second-order valence-corrected chi connectivity index (χ2v) is 8.36. The van der Waals surface area contributed by atoms with E-state index < -0.39 is 0 Å². The minimum Gasteiger partial charge on any atom is -0.340 e. The first kappa shape index (κ1) is 18.9. The third-order valence-electron chi connectivity index (χ3n) is 4.36. The molecule has 2 aromatic carbocycles. The van der Waals surface area contributed by atoms with Crippen molar-refractivity contribution in [2.45, 2.75) is 13.0 Å². The van der Waals surface area contributed by atoms with E-state index in [1.54, 1.807) is 0 Å². The van der Waals surface area contributed by atoms with Crippen molar-refractivity contribution < 1.29 is 4.79 Å². The lowest BCUT2D eigenvalue weighted by molar-refractivity contribution is -0.132. The normalized spacial score (nSPS) is 15.4. The second kappa shape index (κ2) is 8.67. The highest BCUT2D eigenvalue weighted by Gasteiger charge is 2.21. The van der Waals surface area contributed by atoms with Crippen LogP contribution in [0.15, 0.2) is 51.4 Å². The first-order valence-electron chi connectivity index (χ1n) is 8.20. The first-order valence-corrected chi connectivity index (χ1v) is 10.2. The van der Waals surface area contributed by atoms with Gasteiger partial charge in [0.25, 0.3) is 0 Å². The van der Waals surface area contributed by atoms with Gasteiger partial charge in [0.1, 0.15) is 0 Å². The Hall–Kier alpha value is -0.880. The predicted octanol–water partition coefficient (Wildman–Crippen LogP) is 4.75. The molecule has 0 radical (unpaired) electrons. The fraction of sp³-hybridized carbons (Fsp3) is 0.316. The SMILES string of the molecule is O=C(Cc1cccc(Cl)c1)N1CCN(Cc2ccc(Br)c(Br)c2)CC1. The van der Waals surface area contributed by atoms with Crippen LogP contribution < -0.4 is 0 Å². The van der Waals surface area contributed by atoms with Crippen molar-refractivity contribution >= 4 is 49.4 Å². The maximum Gasteiger partial charge on any atom is 0.227 e. The molecule has 1 aliphatic rings. The van der Waals surface area contributed by atoms with Crippen LogP contribution in [0.2, 0.25) is 5.02 Å². The molecule has 0 unspecified atom stereocenters. The lowest BCUT2D eigenvalue weighted by atomic mass is 10.1. The minimum absolute atomic E-state index is 0.174. The van der Waals surface area contributed by atoms with Crippen molar-refractivity contribution in [3.05, 3.63) is 67.6 Å². The summed E-state index contributed by atoms with van der Waals surface area (Å²) >= 11 is 13.0. The summed E-state index contributed by atoms with van der Waals surface area (Å²) in [5, 5.41) is 0.677. The molecular weight excluding hydrogens is 467 g/mol. The summed E-state index contributed by atoms with van der Waals surface area (Å²) in [4.78, 5) is 16.8. The molecule has 132 valence electrons. The molecule has 25 heavy (non-hydrogen) atoms. The number of carbonyl (C=O) groups is 1. The molecule has 1 heterocycles. The Kier molecular flexibility index (Phi) is 6.55. The molecule has 0 aliphatic carbocycles. The fourth-order valence-electron chi connectivity index (χ4n) is 2.98. The van der Waals surface area contributed by atoms with E-state index in [2.05, 4.69) is 55.0 Å². The van der Waals surface area contributed by atoms with E-state index in [0.29, 0.717) is 11.4 Å². The van der Waals surface area contributed by atoms with Gasteiger partial charge in [-0.15, -0.1) is 0 Å². The van der Waals surface area contributed by atoms with Crippen molar-refractivity contribution in [3.63, 3.8) is 0 Å². The van der Waals surface area contributed by atoms with Gasteiger partial charge >= 0.3 is 0 Å². The smallest absolute Gasteiger partial charge is 0.227 e. The van der Waals surface area contributed by atoms with Gasteiger partial charge in [-0.2, -0.15) is 0 Å². The maximum atomic E-state index is 12.5. The topological polar surface area (TPSA) is 23.6 Å². The zero-order valence-corrected chi connectivity index (χ0v) is 17.6.